The fraction of sp³-hybridized carbons (Fsp3) is 0.167. The summed E-state index contributed by atoms with van der Waals surface area (Å²) in [5.74, 6) is 0. The minimum Gasteiger partial charge on any atom is -0.390 e. The highest BCUT2D eigenvalue weighted by Crippen LogP contribution is 2.04. The molecule has 2 nitrogen and oxygen atoms in total. The fourth-order valence-electron chi connectivity index (χ4n) is 0.552. The summed E-state index contributed by atoms with van der Waals surface area (Å²) in [5.41, 5.74) is 0.655. The number of aliphatic hydroxyl groups excluding tert-OH is 1. The Morgan fingerprint density at radius 2 is 2.44 bits per heavy atom. The summed E-state index contributed by atoms with van der Waals surface area (Å²) in [6.07, 6.45) is 1.62. The summed E-state index contributed by atoms with van der Waals surface area (Å²) >= 11 is 4.06. The lowest BCUT2D eigenvalue weighted by molar-refractivity contribution is 0.276. The van der Waals surface area contributed by atoms with Crippen molar-refractivity contribution in [2.24, 2.45) is 0 Å². The van der Waals surface area contributed by atoms with Crippen LogP contribution in [0.4, 0.5) is 0 Å². The van der Waals surface area contributed by atoms with Gasteiger partial charge in [-0.25, -0.2) is 0 Å². The predicted octanol–water partition coefficient (Wildman–Crippen LogP) is 0.863. The summed E-state index contributed by atoms with van der Waals surface area (Å²) in [6, 6.07) is 3.49. The SMILES string of the molecule is OCc1cc(S)ccn1. The van der Waals surface area contributed by atoms with Crippen molar-refractivity contribution in [1.29, 1.82) is 0 Å². The van der Waals surface area contributed by atoms with Crippen molar-refractivity contribution in [1.82, 2.24) is 4.98 Å². The smallest absolute Gasteiger partial charge is 0.0853 e. The predicted molar refractivity (Wildman–Crippen MR) is 37.4 cm³/mol. The van der Waals surface area contributed by atoms with Crippen LogP contribution in [0.2, 0.25) is 0 Å². The van der Waals surface area contributed by atoms with Gasteiger partial charge < -0.3 is 5.11 Å². The van der Waals surface area contributed by atoms with Crippen molar-refractivity contribution >= 4 is 12.6 Å². The second kappa shape index (κ2) is 2.85. The Hall–Kier alpha value is -0.540. The molecule has 1 aromatic heterocycles. The van der Waals surface area contributed by atoms with Gasteiger partial charge in [-0.2, -0.15) is 0 Å². The van der Waals surface area contributed by atoms with Crippen molar-refractivity contribution in [3.05, 3.63) is 24.0 Å². The molecule has 0 spiro atoms. The number of hydrogen-bond donors (Lipinski definition) is 2. The molecule has 0 radical (unpaired) electrons. The van der Waals surface area contributed by atoms with E-state index in [1.807, 2.05) is 0 Å². The highest BCUT2D eigenvalue weighted by Gasteiger charge is 1.89. The van der Waals surface area contributed by atoms with Crippen molar-refractivity contribution < 1.29 is 5.11 Å². The standard InChI is InChI=1S/C6H7NOS/c8-4-5-3-6(9)1-2-7-5/h1-3,8H,4H2,(H,7,9). The van der Waals surface area contributed by atoms with Gasteiger partial charge in [0.2, 0.25) is 0 Å². The van der Waals surface area contributed by atoms with Gasteiger partial charge in [0, 0.05) is 11.1 Å². The molecule has 1 N–H and O–H groups in total. The quantitative estimate of drug-likeness (QED) is 0.569. The molecule has 0 saturated heterocycles. The molecule has 48 valence electrons. The Labute approximate surface area is 59.0 Å². The maximum Gasteiger partial charge on any atom is 0.0853 e. The van der Waals surface area contributed by atoms with E-state index in [9.17, 15) is 0 Å². The third-order valence-corrected chi connectivity index (χ3v) is 1.24. The number of rotatable bonds is 1. The highest BCUT2D eigenvalue weighted by molar-refractivity contribution is 7.80. The Bertz CT molecular complexity index is 202. The highest BCUT2D eigenvalue weighted by atomic mass is 32.1. The van der Waals surface area contributed by atoms with Gasteiger partial charge in [-0.15, -0.1) is 12.6 Å². The van der Waals surface area contributed by atoms with Crippen LogP contribution in [0.3, 0.4) is 0 Å². The molecule has 0 amide bonds. The van der Waals surface area contributed by atoms with Crippen LogP contribution in [0.1, 0.15) is 5.69 Å². The minimum absolute atomic E-state index is 0.0194. The van der Waals surface area contributed by atoms with E-state index in [0.717, 1.165) is 4.90 Å². The van der Waals surface area contributed by atoms with E-state index in [1.165, 1.54) is 0 Å². The summed E-state index contributed by atoms with van der Waals surface area (Å²) in [6.45, 7) is -0.0194. The number of nitrogens with zero attached hydrogens (tertiary/aromatic N) is 1. The first kappa shape index (κ1) is 6.58. The largest absolute Gasteiger partial charge is 0.390 e. The third kappa shape index (κ3) is 1.69. The summed E-state index contributed by atoms with van der Waals surface area (Å²) in [5, 5.41) is 8.57. The van der Waals surface area contributed by atoms with Crippen molar-refractivity contribution in [2.45, 2.75) is 11.5 Å². The normalized spacial score (nSPS) is 9.56. The molecule has 0 bridgehead atoms. The van der Waals surface area contributed by atoms with Gasteiger partial charge in [-0.05, 0) is 12.1 Å². The topological polar surface area (TPSA) is 33.1 Å². The molecule has 1 rings (SSSR count). The van der Waals surface area contributed by atoms with Crippen molar-refractivity contribution in [3.63, 3.8) is 0 Å². The fourth-order valence-corrected chi connectivity index (χ4v) is 0.768. The van der Waals surface area contributed by atoms with E-state index in [-0.39, 0.29) is 6.61 Å². The van der Waals surface area contributed by atoms with Crippen LogP contribution in [0.5, 0.6) is 0 Å². The summed E-state index contributed by atoms with van der Waals surface area (Å²) in [7, 11) is 0. The van der Waals surface area contributed by atoms with Crippen LogP contribution in [-0.4, -0.2) is 10.1 Å². The van der Waals surface area contributed by atoms with Crippen LogP contribution in [0.25, 0.3) is 0 Å². The zero-order valence-electron chi connectivity index (χ0n) is 4.78. The number of hydrogen-bond acceptors (Lipinski definition) is 3. The van der Waals surface area contributed by atoms with E-state index < -0.39 is 0 Å². The molecule has 0 aliphatic carbocycles. The second-order valence-electron chi connectivity index (χ2n) is 1.66. The molecule has 1 heterocycles. The maximum atomic E-state index is 8.57. The molecule has 0 atom stereocenters. The zero-order chi connectivity index (χ0) is 6.69. The molecule has 0 saturated carbocycles. The van der Waals surface area contributed by atoms with Gasteiger partial charge in [0.1, 0.15) is 0 Å². The molecule has 0 aliphatic heterocycles. The molecular weight excluding hydrogens is 134 g/mol. The molecule has 3 heteroatoms. The Morgan fingerprint density at radius 3 is 2.89 bits per heavy atom. The van der Waals surface area contributed by atoms with Crippen LogP contribution < -0.4 is 0 Å². The van der Waals surface area contributed by atoms with Crippen LogP contribution >= 0.6 is 12.6 Å². The van der Waals surface area contributed by atoms with Crippen molar-refractivity contribution in [3.8, 4) is 0 Å². The van der Waals surface area contributed by atoms with E-state index in [2.05, 4.69) is 17.6 Å². The number of aliphatic hydroxyl groups is 1. The second-order valence-corrected chi connectivity index (χ2v) is 2.18. The van der Waals surface area contributed by atoms with Gasteiger partial charge in [-0.3, -0.25) is 4.98 Å². The van der Waals surface area contributed by atoms with Gasteiger partial charge in [0.25, 0.3) is 0 Å². The Balaban J connectivity index is 2.94. The lowest BCUT2D eigenvalue weighted by atomic mass is 10.4. The van der Waals surface area contributed by atoms with E-state index in [0.29, 0.717) is 5.69 Å². The van der Waals surface area contributed by atoms with Crippen molar-refractivity contribution in [2.75, 3.05) is 0 Å². The Morgan fingerprint density at radius 1 is 1.67 bits per heavy atom. The number of pyridine rings is 1. The summed E-state index contributed by atoms with van der Waals surface area (Å²) < 4.78 is 0. The molecule has 1 aromatic rings. The first-order valence-corrected chi connectivity index (χ1v) is 3.02. The molecule has 0 aromatic carbocycles. The Kier molecular flexibility index (Phi) is 2.08. The molecule has 0 fully saturated rings. The van der Waals surface area contributed by atoms with Gasteiger partial charge in [-0.1, -0.05) is 0 Å². The lowest BCUT2D eigenvalue weighted by Gasteiger charge is -1.93. The van der Waals surface area contributed by atoms with Crippen LogP contribution in [-0.2, 0) is 6.61 Å². The lowest BCUT2D eigenvalue weighted by Crippen LogP contribution is -1.86. The number of aromatic nitrogens is 1. The van der Waals surface area contributed by atoms with E-state index in [1.54, 1.807) is 18.3 Å². The van der Waals surface area contributed by atoms with E-state index in [4.69, 9.17) is 5.11 Å². The van der Waals surface area contributed by atoms with Gasteiger partial charge in [0.05, 0.1) is 12.3 Å². The average molecular weight is 141 g/mol. The third-order valence-electron chi connectivity index (χ3n) is 0.962. The van der Waals surface area contributed by atoms with Gasteiger partial charge >= 0.3 is 0 Å². The molecule has 9 heavy (non-hydrogen) atoms. The first-order chi connectivity index (χ1) is 4.33. The van der Waals surface area contributed by atoms with E-state index >= 15 is 0 Å². The van der Waals surface area contributed by atoms with Crippen LogP contribution in [0.15, 0.2) is 23.2 Å². The first-order valence-electron chi connectivity index (χ1n) is 2.57. The molecule has 0 aliphatic rings. The minimum atomic E-state index is -0.0194. The number of thiol groups is 1. The van der Waals surface area contributed by atoms with Crippen LogP contribution in [0, 0.1) is 0 Å². The molecular formula is C6H7NOS. The molecule has 0 unspecified atom stereocenters. The van der Waals surface area contributed by atoms with Gasteiger partial charge in [0.15, 0.2) is 0 Å². The average Bonchev–Trinajstić information content (AvgIpc) is 1.88. The summed E-state index contributed by atoms with van der Waals surface area (Å²) in [4.78, 5) is 4.69. The monoisotopic (exact) mass is 141 g/mol. The zero-order valence-corrected chi connectivity index (χ0v) is 5.68. The maximum absolute atomic E-state index is 8.57.